The van der Waals surface area contributed by atoms with Crippen molar-refractivity contribution in [1.82, 2.24) is 14.9 Å². The molecule has 1 heterocycles. The van der Waals surface area contributed by atoms with Crippen molar-refractivity contribution in [3.8, 4) is 0 Å². The molecular formula is C10H9BrFN3O2S. The molecule has 2 rings (SSSR count). The standard InChI is InChI=1S/C10H9BrFN3O2S/c11-9-2-1-8(12)5-7(9)6-14-18(16,17)10-3-4-13-15-10/h1-5,14H,6H2,(H,13,15). The fourth-order valence-corrected chi connectivity index (χ4v) is 2.62. The van der Waals surface area contributed by atoms with Gasteiger partial charge in [0.15, 0.2) is 5.03 Å². The van der Waals surface area contributed by atoms with Gasteiger partial charge < -0.3 is 0 Å². The maximum absolute atomic E-state index is 13.0. The molecule has 0 aliphatic heterocycles. The molecule has 5 nitrogen and oxygen atoms in total. The van der Waals surface area contributed by atoms with E-state index in [1.807, 2.05) is 0 Å². The van der Waals surface area contributed by atoms with E-state index in [0.29, 0.717) is 10.0 Å². The van der Waals surface area contributed by atoms with E-state index in [4.69, 9.17) is 0 Å². The van der Waals surface area contributed by atoms with Crippen LogP contribution in [0.15, 0.2) is 40.0 Å². The van der Waals surface area contributed by atoms with E-state index >= 15 is 0 Å². The monoisotopic (exact) mass is 333 g/mol. The molecular weight excluding hydrogens is 325 g/mol. The Labute approximate surface area is 112 Å². The van der Waals surface area contributed by atoms with Gasteiger partial charge in [-0.3, -0.25) is 5.10 Å². The average Bonchev–Trinajstić information content (AvgIpc) is 2.85. The molecule has 2 aromatic rings. The number of H-pyrrole nitrogens is 1. The largest absolute Gasteiger partial charge is 0.266 e. The molecule has 1 aromatic heterocycles. The summed E-state index contributed by atoms with van der Waals surface area (Å²) in [7, 11) is -3.66. The number of hydrogen-bond acceptors (Lipinski definition) is 3. The van der Waals surface area contributed by atoms with Crippen LogP contribution in [0.4, 0.5) is 4.39 Å². The number of halogens is 2. The zero-order valence-corrected chi connectivity index (χ0v) is 11.4. The zero-order chi connectivity index (χ0) is 13.2. The minimum Gasteiger partial charge on any atom is -0.266 e. The third kappa shape index (κ3) is 2.95. The molecule has 96 valence electrons. The fraction of sp³-hybridized carbons (Fsp3) is 0.100. The second kappa shape index (κ2) is 5.17. The van der Waals surface area contributed by atoms with Gasteiger partial charge in [0.05, 0.1) is 6.20 Å². The summed E-state index contributed by atoms with van der Waals surface area (Å²) in [4.78, 5) is 0. The molecule has 0 bridgehead atoms. The predicted molar refractivity (Wildman–Crippen MR) is 66.7 cm³/mol. The highest BCUT2D eigenvalue weighted by molar-refractivity contribution is 9.10. The van der Waals surface area contributed by atoms with E-state index in [1.54, 1.807) is 0 Å². The first-order chi connectivity index (χ1) is 8.49. The Kier molecular flexibility index (Phi) is 3.79. The van der Waals surface area contributed by atoms with E-state index < -0.39 is 15.8 Å². The molecule has 0 radical (unpaired) electrons. The number of nitrogens with zero attached hydrogens (tertiary/aromatic N) is 1. The third-order valence-electron chi connectivity index (χ3n) is 2.23. The van der Waals surface area contributed by atoms with Crippen molar-refractivity contribution in [2.45, 2.75) is 11.6 Å². The molecule has 0 saturated carbocycles. The Bertz CT molecular complexity index is 643. The molecule has 0 spiro atoms. The summed E-state index contributed by atoms with van der Waals surface area (Å²) in [5.74, 6) is -0.422. The lowest BCUT2D eigenvalue weighted by atomic mass is 10.2. The molecule has 18 heavy (non-hydrogen) atoms. The van der Waals surface area contributed by atoms with Crippen molar-refractivity contribution in [3.05, 3.63) is 46.3 Å². The Morgan fingerprint density at radius 3 is 2.83 bits per heavy atom. The SMILES string of the molecule is O=S(=O)(NCc1cc(F)ccc1Br)c1ccn[nH]1. The molecule has 1 aromatic carbocycles. The van der Waals surface area contributed by atoms with E-state index in [9.17, 15) is 12.8 Å². The fourth-order valence-electron chi connectivity index (χ4n) is 1.32. The van der Waals surface area contributed by atoms with Crippen molar-refractivity contribution < 1.29 is 12.8 Å². The maximum atomic E-state index is 13.0. The maximum Gasteiger partial charge on any atom is 0.257 e. The van der Waals surface area contributed by atoms with Crippen LogP contribution in [0.5, 0.6) is 0 Å². The normalized spacial score (nSPS) is 11.7. The minimum absolute atomic E-state index is 0.0142. The van der Waals surface area contributed by atoms with Crippen LogP contribution in [0.1, 0.15) is 5.56 Å². The summed E-state index contributed by atoms with van der Waals surface area (Å²) in [6, 6.07) is 5.41. The van der Waals surface area contributed by atoms with Crippen LogP contribution < -0.4 is 4.72 Å². The van der Waals surface area contributed by atoms with Crippen LogP contribution in [0.2, 0.25) is 0 Å². The molecule has 0 amide bonds. The first-order valence-electron chi connectivity index (χ1n) is 4.92. The van der Waals surface area contributed by atoms with Crippen molar-refractivity contribution >= 4 is 26.0 Å². The molecule has 0 aliphatic rings. The smallest absolute Gasteiger partial charge is 0.257 e. The van der Waals surface area contributed by atoms with Crippen LogP contribution in [0.3, 0.4) is 0 Å². The van der Waals surface area contributed by atoms with Gasteiger partial charge in [-0.2, -0.15) is 5.10 Å². The number of hydrogen-bond donors (Lipinski definition) is 2. The zero-order valence-electron chi connectivity index (χ0n) is 9.02. The Balaban J connectivity index is 2.15. The number of aromatic nitrogens is 2. The second-order valence-corrected chi connectivity index (χ2v) is 6.07. The number of aromatic amines is 1. The minimum atomic E-state index is -3.66. The van der Waals surface area contributed by atoms with E-state index in [1.165, 1.54) is 30.5 Å². The topological polar surface area (TPSA) is 74.8 Å². The lowest BCUT2D eigenvalue weighted by Crippen LogP contribution is -2.23. The Morgan fingerprint density at radius 1 is 1.39 bits per heavy atom. The summed E-state index contributed by atoms with van der Waals surface area (Å²) in [6.45, 7) is -0.0142. The number of benzene rings is 1. The highest BCUT2D eigenvalue weighted by Crippen LogP contribution is 2.18. The van der Waals surface area contributed by atoms with Crippen molar-refractivity contribution in [2.24, 2.45) is 0 Å². The van der Waals surface area contributed by atoms with Gasteiger partial charge in [0.1, 0.15) is 5.82 Å². The highest BCUT2D eigenvalue weighted by atomic mass is 79.9. The van der Waals surface area contributed by atoms with Gasteiger partial charge in [0.25, 0.3) is 10.0 Å². The molecule has 2 N–H and O–H groups in total. The van der Waals surface area contributed by atoms with Crippen LogP contribution in [-0.2, 0) is 16.6 Å². The van der Waals surface area contributed by atoms with E-state index in [-0.39, 0.29) is 11.6 Å². The first kappa shape index (κ1) is 13.2. The molecule has 0 aliphatic carbocycles. The van der Waals surface area contributed by atoms with Gasteiger partial charge >= 0.3 is 0 Å². The molecule has 0 saturated heterocycles. The van der Waals surface area contributed by atoms with Gasteiger partial charge in [-0.05, 0) is 29.8 Å². The van der Waals surface area contributed by atoms with Crippen molar-refractivity contribution in [3.63, 3.8) is 0 Å². The van der Waals surface area contributed by atoms with Crippen LogP contribution in [0, 0.1) is 5.82 Å². The van der Waals surface area contributed by atoms with Gasteiger partial charge in [-0.25, -0.2) is 17.5 Å². The van der Waals surface area contributed by atoms with Crippen LogP contribution in [-0.4, -0.2) is 18.6 Å². The summed E-state index contributed by atoms with van der Waals surface area (Å²) in [5, 5.41) is 5.88. The van der Waals surface area contributed by atoms with Gasteiger partial charge in [0, 0.05) is 11.0 Å². The number of sulfonamides is 1. The summed E-state index contributed by atoms with van der Waals surface area (Å²) in [5.41, 5.74) is 0.512. The Hall–Kier alpha value is -1.25. The van der Waals surface area contributed by atoms with Gasteiger partial charge in [-0.15, -0.1) is 0 Å². The quantitative estimate of drug-likeness (QED) is 0.895. The predicted octanol–water partition coefficient (Wildman–Crippen LogP) is 1.79. The van der Waals surface area contributed by atoms with Crippen molar-refractivity contribution in [2.75, 3.05) is 0 Å². The van der Waals surface area contributed by atoms with E-state index in [2.05, 4.69) is 30.8 Å². The van der Waals surface area contributed by atoms with Crippen LogP contribution in [0.25, 0.3) is 0 Å². The summed E-state index contributed by atoms with van der Waals surface area (Å²) >= 11 is 3.23. The number of nitrogens with one attached hydrogen (secondary N) is 2. The second-order valence-electron chi connectivity index (χ2n) is 3.48. The van der Waals surface area contributed by atoms with Gasteiger partial charge in [0.2, 0.25) is 0 Å². The lowest BCUT2D eigenvalue weighted by molar-refractivity contribution is 0.576. The van der Waals surface area contributed by atoms with Crippen molar-refractivity contribution in [1.29, 1.82) is 0 Å². The first-order valence-corrected chi connectivity index (χ1v) is 7.19. The highest BCUT2D eigenvalue weighted by Gasteiger charge is 2.15. The summed E-state index contributed by atoms with van der Waals surface area (Å²) in [6.07, 6.45) is 1.34. The molecule has 0 unspecified atom stereocenters. The molecule has 8 heteroatoms. The van der Waals surface area contributed by atoms with Crippen LogP contribution >= 0.6 is 15.9 Å². The Morgan fingerprint density at radius 2 is 2.17 bits per heavy atom. The summed E-state index contributed by atoms with van der Waals surface area (Å²) < 4.78 is 39.6. The van der Waals surface area contributed by atoms with E-state index in [0.717, 1.165) is 0 Å². The lowest BCUT2D eigenvalue weighted by Gasteiger charge is -2.06. The average molecular weight is 334 g/mol. The molecule has 0 atom stereocenters. The molecule has 0 fully saturated rings. The third-order valence-corrected chi connectivity index (χ3v) is 4.33. The van der Waals surface area contributed by atoms with Gasteiger partial charge in [-0.1, -0.05) is 15.9 Å². The number of rotatable bonds is 4.